The maximum Gasteiger partial charge on any atom is 0.265 e. The first-order valence-corrected chi connectivity index (χ1v) is 9.74. The molecule has 0 spiro atoms. The molecule has 3 aromatic rings. The van der Waals surface area contributed by atoms with Gasteiger partial charge < -0.3 is 4.74 Å². The van der Waals surface area contributed by atoms with E-state index in [4.69, 9.17) is 4.74 Å². The van der Waals surface area contributed by atoms with E-state index in [0.717, 1.165) is 0 Å². The molecule has 0 fully saturated rings. The van der Waals surface area contributed by atoms with E-state index in [2.05, 4.69) is 25.3 Å². The fourth-order valence-electron chi connectivity index (χ4n) is 2.76. The van der Waals surface area contributed by atoms with Crippen LogP contribution in [0, 0.1) is 13.8 Å². The summed E-state index contributed by atoms with van der Waals surface area (Å²) in [5.41, 5.74) is 2.32. The number of ether oxygens (including phenoxy) is 1. The SMILES string of the molecule is CCn1nnnc1-c1ccc(OC)c(S(=O)(=O)Nc2c(C)nn(C)c2C)c1. The lowest BCUT2D eigenvalue weighted by Gasteiger charge is -2.13. The Morgan fingerprint density at radius 1 is 1.26 bits per heavy atom. The van der Waals surface area contributed by atoms with Gasteiger partial charge in [-0.05, 0) is 49.4 Å². The van der Waals surface area contributed by atoms with Gasteiger partial charge in [-0.15, -0.1) is 5.10 Å². The van der Waals surface area contributed by atoms with Gasteiger partial charge >= 0.3 is 0 Å². The fraction of sp³-hybridized carbons (Fsp3) is 0.375. The molecule has 0 radical (unpaired) electrons. The van der Waals surface area contributed by atoms with Gasteiger partial charge in [0.05, 0.1) is 24.2 Å². The lowest BCUT2D eigenvalue weighted by atomic mass is 10.2. The zero-order valence-electron chi connectivity index (χ0n) is 15.8. The number of benzene rings is 1. The van der Waals surface area contributed by atoms with E-state index < -0.39 is 10.0 Å². The van der Waals surface area contributed by atoms with Crippen molar-refractivity contribution in [1.82, 2.24) is 30.0 Å². The number of anilines is 1. The Balaban J connectivity index is 2.10. The van der Waals surface area contributed by atoms with Crippen LogP contribution in [0.2, 0.25) is 0 Å². The number of rotatable bonds is 6. The highest BCUT2D eigenvalue weighted by atomic mass is 32.2. The molecule has 0 aliphatic heterocycles. The van der Waals surface area contributed by atoms with Crippen molar-refractivity contribution in [3.8, 4) is 17.1 Å². The molecule has 1 aromatic carbocycles. The topological polar surface area (TPSA) is 117 Å². The standard InChI is InChI=1S/C16H21N7O3S/c1-6-23-16(17-20-21-23)12-7-8-13(26-5)14(9-12)27(24,25)19-15-10(2)18-22(4)11(15)3/h7-9,19H,6H2,1-5H3. The van der Waals surface area contributed by atoms with Crippen LogP contribution in [-0.4, -0.2) is 45.5 Å². The van der Waals surface area contributed by atoms with Crippen LogP contribution in [0.3, 0.4) is 0 Å². The number of aryl methyl sites for hydroxylation is 3. The molecule has 27 heavy (non-hydrogen) atoms. The second kappa shape index (κ2) is 6.99. The summed E-state index contributed by atoms with van der Waals surface area (Å²) in [7, 11) is -0.750. The van der Waals surface area contributed by atoms with Crippen LogP contribution in [0.15, 0.2) is 23.1 Å². The van der Waals surface area contributed by atoms with Crippen LogP contribution >= 0.6 is 0 Å². The summed E-state index contributed by atoms with van der Waals surface area (Å²) in [6.07, 6.45) is 0. The number of sulfonamides is 1. The number of hydrogen-bond donors (Lipinski definition) is 1. The Morgan fingerprint density at radius 3 is 2.59 bits per heavy atom. The van der Waals surface area contributed by atoms with E-state index >= 15 is 0 Å². The van der Waals surface area contributed by atoms with Gasteiger partial charge in [-0.3, -0.25) is 9.40 Å². The normalized spacial score (nSPS) is 11.6. The van der Waals surface area contributed by atoms with Crippen molar-refractivity contribution in [2.75, 3.05) is 11.8 Å². The molecule has 0 unspecified atom stereocenters. The number of nitrogens with one attached hydrogen (secondary N) is 1. The zero-order chi connectivity index (χ0) is 19.8. The second-order valence-corrected chi connectivity index (χ2v) is 7.61. The molecule has 0 bridgehead atoms. The molecule has 0 saturated heterocycles. The Hall–Kier alpha value is -2.95. The minimum Gasteiger partial charge on any atom is -0.495 e. The first kappa shape index (κ1) is 18.8. The number of methoxy groups -OCH3 is 1. The number of hydrogen-bond acceptors (Lipinski definition) is 7. The van der Waals surface area contributed by atoms with Crippen LogP contribution < -0.4 is 9.46 Å². The minimum atomic E-state index is -3.93. The average molecular weight is 391 g/mol. The van der Waals surface area contributed by atoms with Gasteiger partial charge in [-0.25, -0.2) is 13.1 Å². The molecule has 11 heteroatoms. The van der Waals surface area contributed by atoms with Gasteiger partial charge in [0.2, 0.25) is 0 Å². The predicted octanol–water partition coefficient (Wildman–Crippen LogP) is 1.52. The Labute approximate surface area is 157 Å². The molecule has 2 heterocycles. The molecule has 3 rings (SSSR count). The molecule has 1 N–H and O–H groups in total. The maximum absolute atomic E-state index is 13.1. The second-order valence-electron chi connectivity index (χ2n) is 5.96. The monoisotopic (exact) mass is 391 g/mol. The fourth-order valence-corrected chi connectivity index (χ4v) is 4.13. The van der Waals surface area contributed by atoms with E-state index in [9.17, 15) is 8.42 Å². The van der Waals surface area contributed by atoms with Crippen molar-refractivity contribution in [3.05, 3.63) is 29.6 Å². The van der Waals surface area contributed by atoms with Gasteiger partial charge in [-0.2, -0.15) is 5.10 Å². The van der Waals surface area contributed by atoms with Crippen molar-refractivity contribution >= 4 is 15.7 Å². The summed E-state index contributed by atoms with van der Waals surface area (Å²) < 4.78 is 37.3. The summed E-state index contributed by atoms with van der Waals surface area (Å²) in [4.78, 5) is -0.00388. The molecule has 0 aliphatic rings. The molecule has 0 aliphatic carbocycles. The molecule has 10 nitrogen and oxygen atoms in total. The molecule has 2 aromatic heterocycles. The summed E-state index contributed by atoms with van der Waals surface area (Å²) in [5.74, 6) is 0.700. The van der Waals surface area contributed by atoms with E-state index in [1.54, 1.807) is 42.4 Å². The van der Waals surface area contributed by atoms with Crippen LogP contribution in [0.4, 0.5) is 5.69 Å². The van der Waals surface area contributed by atoms with Gasteiger partial charge in [0.1, 0.15) is 10.6 Å². The summed E-state index contributed by atoms with van der Waals surface area (Å²) in [5, 5.41) is 15.8. The lowest BCUT2D eigenvalue weighted by molar-refractivity contribution is 0.403. The maximum atomic E-state index is 13.1. The molecule has 144 valence electrons. The predicted molar refractivity (Wildman–Crippen MR) is 99.0 cm³/mol. The van der Waals surface area contributed by atoms with Crippen molar-refractivity contribution in [3.63, 3.8) is 0 Å². The molecule has 0 amide bonds. The third-order valence-electron chi connectivity index (χ3n) is 4.29. The van der Waals surface area contributed by atoms with E-state index in [1.165, 1.54) is 13.2 Å². The van der Waals surface area contributed by atoms with Crippen molar-refractivity contribution in [2.45, 2.75) is 32.2 Å². The molecule has 0 saturated carbocycles. The summed E-state index contributed by atoms with van der Waals surface area (Å²) in [6.45, 7) is 5.99. The highest BCUT2D eigenvalue weighted by molar-refractivity contribution is 7.92. The Bertz CT molecular complexity index is 1090. The molecular weight excluding hydrogens is 370 g/mol. The van der Waals surface area contributed by atoms with Gasteiger partial charge in [0, 0.05) is 19.2 Å². The van der Waals surface area contributed by atoms with E-state index in [-0.39, 0.29) is 10.6 Å². The average Bonchev–Trinajstić information content (AvgIpc) is 3.21. The van der Waals surface area contributed by atoms with Crippen molar-refractivity contribution in [2.24, 2.45) is 7.05 Å². The van der Waals surface area contributed by atoms with Gasteiger partial charge in [-0.1, -0.05) is 0 Å². The number of nitrogens with zero attached hydrogens (tertiary/aromatic N) is 6. The highest BCUT2D eigenvalue weighted by Crippen LogP contribution is 2.31. The highest BCUT2D eigenvalue weighted by Gasteiger charge is 2.24. The number of tetrazole rings is 1. The summed E-state index contributed by atoms with van der Waals surface area (Å²) >= 11 is 0. The number of aromatic nitrogens is 6. The molecule has 0 atom stereocenters. The third kappa shape index (κ3) is 3.37. The minimum absolute atomic E-state index is 0.00388. The smallest absolute Gasteiger partial charge is 0.265 e. The third-order valence-corrected chi connectivity index (χ3v) is 5.66. The van der Waals surface area contributed by atoms with Crippen molar-refractivity contribution < 1.29 is 13.2 Å². The first-order valence-electron chi connectivity index (χ1n) is 8.26. The molecular formula is C16H21N7O3S. The summed E-state index contributed by atoms with van der Waals surface area (Å²) in [6, 6.07) is 4.80. The van der Waals surface area contributed by atoms with E-state index in [0.29, 0.717) is 35.0 Å². The largest absolute Gasteiger partial charge is 0.495 e. The first-order chi connectivity index (χ1) is 12.8. The zero-order valence-corrected chi connectivity index (χ0v) is 16.6. The van der Waals surface area contributed by atoms with E-state index in [1.807, 2.05) is 6.92 Å². The van der Waals surface area contributed by atoms with Crippen LogP contribution in [0.25, 0.3) is 11.4 Å². The van der Waals surface area contributed by atoms with Crippen LogP contribution in [-0.2, 0) is 23.6 Å². The van der Waals surface area contributed by atoms with Gasteiger partial charge in [0.25, 0.3) is 10.0 Å². The van der Waals surface area contributed by atoms with Crippen LogP contribution in [0.5, 0.6) is 5.75 Å². The Morgan fingerprint density at radius 2 is 2.00 bits per heavy atom. The quantitative estimate of drug-likeness (QED) is 0.677. The Kier molecular flexibility index (Phi) is 4.87. The van der Waals surface area contributed by atoms with Gasteiger partial charge in [0.15, 0.2) is 5.82 Å². The van der Waals surface area contributed by atoms with Crippen molar-refractivity contribution in [1.29, 1.82) is 0 Å². The van der Waals surface area contributed by atoms with Crippen LogP contribution in [0.1, 0.15) is 18.3 Å². The lowest BCUT2D eigenvalue weighted by Crippen LogP contribution is -2.15.